The van der Waals surface area contributed by atoms with Gasteiger partial charge in [0.1, 0.15) is 5.69 Å². The fourth-order valence-electron chi connectivity index (χ4n) is 2.73. The van der Waals surface area contributed by atoms with Gasteiger partial charge in [0.2, 0.25) is 0 Å². The maximum Gasteiger partial charge on any atom is 0.295 e. The van der Waals surface area contributed by atoms with Gasteiger partial charge >= 0.3 is 0 Å². The summed E-state index contributed by atoms with van der Waals surface area (Å²) in [5.41, 5.74) is 6.56. The highest BCUT2D eigenvalue weighted by atomic mass is 32.1. The number of nitrogens with one attached hydrogen (secondary N) is 3. The second-order valence-electron chi connectivity index (χ2n) is 6.13. The number of aromatic nitrogens is 2. The lowest BCUT2D eigenvalue weighted by atomic mass is 10.2. The molecule has 0 bridgehead atoms. The van der Waals surface area contributed by atoms with Crippen LogP contribution in [0.3, 0.4) is 0 Å². The monoisotopic (exact) mass is 394 g/mol. The van der Waals surface area contributed by atoms with E-state index in [1.165, 1.54) is 0 Å². The Morgan fingerprint density at radius 2 is 1.79 bits per heavy atom. The molecule has 0 fully saturated rings. The minimum atomic E-state index is -0.0957. The summed E-state index contributed by atoms with van der Waals surface area (Å²) in [4.78, 5) is 12.9. The lowest BCUT2D eigenvalue weighted by molar-refractivity contribution is 0.630. The standard InChI is InChI=1S/C20H22N6OS/c1-14-18(19(27)26(25(14)3)17-7-5-4-6-8-17)23-16-11-9-15(10-12-16)13-22-24-20(28)21-2/h4-13,23H,1-3H3,(H2,21,24,28)/b22-13-. The molecule has 0 aliphatic heterocycles. The molecule has 0 unspecified atom stereocenters. The summed E-state index contributed by atoms with van der Waals surface area (Å²) in [5, 5.41) is 10.5. The molecular weight excluding hydrogens is 372 g/mol. The number of thiocarbonyl (C=S) groups is 1. The molecule has 0 spiro atoms. The van der Waals surface area contributed by atoms with Gasteiger partial charge in [-0.05, 0) is 49.0 Å². The molecule has 1 heterocycles. The number of hydrogen-bond donors (Lipinski definition) is 3. The van der Waals surface area contributed by atoms with E-state index in [2.05, 4.69) is 21.2 Å². The van der Waals surface area contributed by atoms with E-state index in [4.69, 9.17) is 12.2 Å². The third-order valence-electron chi connectivity index (χ3n) is 4.34. The first-order chi connectivity index (χ1) is 13.5. The van der Waals surface area contributed by atoms with Crippen LogP contribution in [0.1, 0.15) is 11.3 Å². The van der Waals surface area contributed by atoms with Gasteiger partial charge in [0.25, 0.3) is 5.56 Å². The van der Waals surface area contributed by atoms with Crippen LogP contribution in [0.15, 0.2) is 64.5 Å². The molecule has 144 valence electrons. The maximum atomic E-state index is 12.9. The minimum Gasteiger partial charge on any atom is -0.364 e. The van der Waals surface area contributed by atoms with Crippen LogP contribution in [0.2, 0.25) is 0 Å². The Morgan fingerprint density at radius 3 is 2.43 bits per heavy atom. The molecule has 0 atom stereocenters. The summed E-state index contributed by atoms with van der Waals surface area (Å²) in [6, 6.07) is 17.2. The largest absolute Gasteiger partial charge is 0.364 e. The van der Waals surface area contributed by atoms with Crippen molar-refractivity contribution in [3.63, 3.8) is 0 Å². The van der Waals surface area contributed by atoms with Gasteiger partial charge < -0.3 is 10.6 Å². The topological polar surface area (TPSA) is 75.4 Å². The number of hydrazone groups is 1. The lowest BCUT2D eigenvalue weighted by Crippen LogP contribution is -2.28. The van der Waals surface area contributed by atoms with Crippen LogP contribution in [0, 0.1) is 6.92 Å². The minimum absolute atomic E-state index is 0.0957. The molecule has 0 saturated heterocycles. The Labute approximate surface area is 168 Å². The van der Waals surface area contributed by atoms with Gasteiger partial charge in [-0.2, -0.15) is 5.10 Å². The summed E-state index contributed by atoms with van der Waals surface area (Å²) in [7, 11) is 3.60. The van der Waals surface area contributed by atoms with Crippen LogP contribution in [-0.2, 0) is 7.05 Å². The van der Waals surface area contributed by atoms with E-state index in [-0.39, 0.29) is 5.56 Å². The van der Waals surface area contributed by atoms with Crippen molar-refractivity contribution in [2.75, 3.05) is 12.4 Å². The molecule has 0 aliphatic carbocycles. The average molecular weight is 395 g/mol. The lowest BCUT2D eigenvalue weighted by Gasteiger charge is -2.07. The molecule has 7 nitrogen and oxygen atoms in total. The molecule has 3 N–H and O–H groups in total. The maximum absolute atomic E-state index is 12.9. The van der Waals surface area contributed by atoms with E-state index >= 15 is 0 Å². The molecule has 2 aromatic carbocycles. The van der Waals surface area contributed by atoms with Gasteiger partial charge in [-0.3, -0.25) is 14.9 Å². The van der Waals surface area contributed by atoms with Crippen LogP contribution >= 0.6 is 12.2 Å². The Balaban J connectivity index is 1.81. The van der Waals surface area contributed by atoms with Gasteiger partial charge in [-0.15, -0.1) is 0 Å². The van der Waals surface area contributed by atoms with Crippen LogP contribution in [0.4, 0.5) is 11.4 Å². The zero-order valence-corrected chi connectivity index (χ0v) is 16.7. The number of rotatable bonds is 5. The quantitative estimate of drug-likeness (QED) is 0.352. The molecule has 0 radical (unpaired) electrons. The van der Waals surface area contributed by atoms with Gasteiger partial charge in [0.15, 0.2) is 5.11 Å². The van der Waals surface area contributed by atoms with Gasteiger partial charge in [-0.1, -0.05) is 30.3 Å². The normalized spacial score (nSPS) is 10.8. The number of anilines is 2. The van der Waals surface area contributed by atoms with Crippen LogP contribution in [0.25, 0.3) is 5.69 Å². The summed E-state index contributed by atoms with van der Waals surface area (Å²) in [6.07, 6.45) is 1.67. The fraction of sp³-hybridized carbons (Fsp3) is 0.150. The molecule has 0 amide bonds. The van der Waals surface area contributed by atoms with Crippen LogP contribution in [0.5, 0.6) is 0 Å². The first kappa shape index (κ1) is 19.4. The van der Waals surface area contributed by atoms with E-state index in [9.17, 15) is 4.79 Å². The molecular formula is C20H22N6OS. The Bertz CT molecular complexity index is 1050. The summed E-state index contributed by atoms with van der Waals surface area (Å²) in [5.74, 6) is 0. The van der Waals surface area contributed by atoms with Crippen molar-refractivity contribution in [3.8, 4) is 5.69 Å². The van der Waals surface area contributed by atoms with Gasteiger partial charge in [0.05, 0.1) is 17.6 Å². The highest BCUT2D eigenvalue weighted by molar-refractivity contribution is 7.80. The van der Waals surface area contributed by atoms with Crippen molar-refractivity contribution >= 4 is 34.9 Å². The van der Waals surface area contributed by atoms with E-state index in [1.807, 2.05) is 73.3 Å². The highest BCUT2D eigenvalue weighted by Crippen LogP contribution is 2.19. The van der Waals surface area contributed by atoms with Crippen molar-refractivity contribution < 1.29 is 0 Å². The Morgan fingerprint density at radius 1 is 1.11 bits per heavy atom. The van der Waals surface area contributed by atoms with Crippen LogP contribution in [-0.4, -0.2) is 27.7 Å². The van der Waals surface area contributed by atoms with Crippen molar-refractivity contribution in [1.29, 1.82) is 0 Å². The number of benzene rings is 2. The van der Waals surface area contributed by atoms with E-state index in [0.717, 1.165) is 22.6 Å². The van der Waals surface area contributed by atoms with E-state index in [0.29, 0.717) is 10.8 Å². The molecule has 8 heteroatoms. The average Bonchev–Trinajstić information content (AvgIpc) is 2.93. The third kappa shape index (κ3) is 4.12. The number of nitrogens with zero attached hydrogens (tertiary/aromatic N) is 3. The first-order valence-electron chi connectivity index (χ1n) is 8.73. The molecule has 3 aromatic rings. The molecule has 0 saturated carbocycles. The molecule has 0 aliphatic rings. The smallest absolute Gasteiger partial charge is 0.295 e. The van der Waals surface area contributed by atoms with Crippen molar-refractivity contribution in [2.24, 2.45) is 12.1 Å². The van der Waals surface area contributed by atoms with Gasteiger partial charge in [0, 0.05) is 19.8 Å². The third-order valence-corrected chi connectivity index (χ3v) is 4.64. The molecule has 3 rings (SSSR count). The summed E-state index contributed by atoms with van der Waals surface area (Å²) >= 11 is 4.96. The SMILES string of the molecule is CNC(=S)N/N=C\c1ccc(Nc2c(C)n(C)n(-c3ccccc3)c2=O)cc1. The Hall–Kier alpha value is -3.39. The van der Waals surface area contributed by atoms with Crippen molar-refractivity contribution in [2.45, 2.75) is 6.92 Å². The molecule has 1 aromatic heterocycles. The summed E-state index contributed by atoms with van der Waals surface area (Å²) in [6.45, 7) is 1.92. The van der Waals surface area contributed by atoms with Crippen LogP contribution < -0.4 is 21.6 Å². The van der Waals surface area contributed by atoms with Crippen molar-refractivity contribution in [3.05, 3.63) is 76.2 Å². The van der Waals surface area contributed by atoms with E-state index < -0.39 is 0 Å². The zero-order chi connectivity index (χ0) is 20.1. The Kier molecular flexibility index (Phi) is 5.90. The first-order valence-corrected chi connectivity index (χ1v) is 9.14. The zero-order valence-electron chi connectivity index (χ0n) is 15.9. The highest BCUT2D eigenvalue weighted by Gasteiger charge is 2.15. The van der Waals surface area contributed by atoms with Gasteiger partial charge in [-0.25, -0.2) is 4.68 Å². The second-order valence-corrected chi connectivity index (χ2v) is 6.54. The summed E-state index contributed by atoms with van der Waals surface area (Å²) < 4.78 is 3.49. The predicted octanol–water partition coefficient (Wildman–Crippen LogP) is 2.66. The van der Waals surface area contributed by atoms with E-state index in [1.54, 1.807) is 17.9 Å². The fourth-order valence-corrected chi connectivity index (χ4v) is 2.78. The number of hydrogen-bond acceptors (Lipinski definition) is 4. The van der Waals surface area contributed by atoms with Crippen molar-refractivity contribution in [1.82, 2.24) is 20.1 Å². The predicted molar refractivity (Wildman–Crippen MR) is 118 cm³/mol. The number of para-hydroxylation sites is 1. The second kappa shape index (κ2) is 8.53. The molecule has 28 heavy (non-hydrogen) atoms.